The van der Waals surface area contributed by atoms with E-state index >= 15 is 0 Å². The quantitative estimate of drug-likeness (QED) is 0.222. The average Bonchev–Trinajstić information content (AvgIpc) is 3.21. The Kier molecular flexibility index (Phi) is 9.41. The van der Waals surface area contributed by atoms with E-state index in [9.17, 15) is 29.1 Å². The van der Waals surface area contributed by atoms with Crippen molar-refractivity contribution in [1.82, 2.24) is 10.6 Å². The van der Waals surface area contributed by atoms with Crippen molar-refractivity contribution in [2.75, 3.05) is 13.2 Å². The van der Waals surface area contributed by atoms with Gasteiger partial charge in [-0.15, -0.1) is 0 Å². The highest BCUT2D eigenvalue weighted by molar-refractivity contribution is 5.74. The molecule has 37 heavy (non-hydrogen) atoms. The number of hydrogen-bond acceptors (Lipinski definition) is 13. The number of esters is 3. The number of fused-ring (bicyclic) bond motifs is 2. The summed E-state index contributed by atoms with van der Waals surface area (Å²) in [6.07, 6.45) is -9.35. The van der Waals surface area contributed by atoms with Crippen molar-refractivity contribution in [2.24, 2.45) is 0 Å². The molecule has 0 saturated carbocycles. The van der Waals surface area contributed by atoms with Crippen LogP contribution in [-0.2, 0) is 57.1 Å². The van der Waals surface area contributed by atoms with Crippen molar-refractivity contribution in [1.29, 1.82) is 0 Å². The van der Waals surface area contributed by atoms with Crippen LogP contribution >= 0.6 is 0 Å². The fraction of sp³-hybridized carbons (Fsp3) is 0.773. The van der Waals surface area contributed by atoms with Crippen LogP contribution in [0.2, 0.25) is 0 Å². The van der Waals surface area contributed by atoms with Gasteiger partial charge in [-0.1, -0.05) is 0 Å². The lowest BCUT2D eigenvalue weighted by Crippen LogP contribution is -2.69. The minimum atomic E-state index is -1.42. The van der Waals surface area contributed by atoms with E-state index in [1.54, 1.807) is 0 Å². The molecule has 0 aliphatic carbocycles. The fourth-order valence-electron chi connectivity index (χ4n) is 4.50. The van der Waals surface area contributed by atoms with Crippen LogP contribution < -0.4 is 10.6 Å². The Bertz CT molecular complexity index is 898. The molecule has 10 atom stereocenters. The van der Waals surface area contributed by atoms with Crippen LogP contribution in [0.5, 0.6) is 0 Å². The second-order valence-corrected chi connectivity index (χ2v) is 8.91. The summed E-state index contributed by atoms with van der Waals surface area (Å²) >= 11 is 0. The molecule has 0 spiro atoms. The topological polar surface area (TPSA) is 194 Å². The van der Waals surface area contributed by atoms with E-state index in [1.165, 1.54) is 13.8 Å². The zero-order valence-corrected chi connectivity index (χ0v) is 21.0. The standard InChI is InChI=1S/C22H32N2O13/c1-8(25)23-15-17(30)18(13-7-32-21(15)35-13)37-22-16(24-9(2)26)20(34-12(5)29)19(33-11(4)28)14(36-22)6-31-10(3)27/h13-22,30H,6-7H2,1-5H3,(H,23,25)(H,24,26)/t13-,14-,15-,16-,17-,18-,19-,20-,21-,22+/m1/s1. The number of aliphatic hydroxyl groups is 1. The largest absolute Gasteiger partial charge is 0.463 e. The molecular formula is C22H32N2O13. The number of nitrogens with one attached hydrogen (secondary N) is 2. The highest BCUT2D eigenvalue weighted by Crippen LogP contribution is 2.34. The van der Waals surface area contributed by atoms with Crippen molar-refractivity contribution in [3.63, 3.8) is 0 Å². The van der Waals surface area contributed by atoms with Gasteiger partial charge in [0.15, 0.2) is 24.8 Å². The average molecular weight is 532 g/mol. The van der Waals surface area contributed by atoms with Crippen molar-refractivity contribution in [2.45, 2.75) is 95.9 Å². The van der Waals surface area contributed by atoms with Gasteiger partial charge in [0.2, 0.25) is 11.8 Å². The molecule has 0 radical (unpaired) electrons. The van der Waals surface area contributed by atoms with Crippen LogP contribution in [-0.4, -0.2) is 109 Å². The normalized spacial score (nSPS) is 36.7. The molecule has 0 aromatic heterocycles. The second-order valence-electron chi connectivity index (χ2n) is 8.91. The van der Waals surface area contributed by atoms with E-state index in [0.29, 0.717) is 0 Å². The highest BCUT2D eigenvalue weighted by Gasteiger charge is 2.56. The molecule has 3 heterocycles. The Morgan fingerprint density at radius 2 is 1.41 bits per heavy atom. The molecule has 3 aliphatic rings. The zero-order valence-electron chi connectivity index (χ0n) is 21.0. The summed E-state index contributed by atoms with van der Waals surface area (Å²) in [5.74, 6) is -3.16. The molecule has 3 rings (SSSR count). The first-order chi connectivity index (χ1) is 17.4. The van der Waals surface area contributed by atoms with Crippen LogP contribution in [0.15, 0.2) is 0 Å². The molecule has 0 unspecified atom stereocenters. The van der Waals surface area contributed by atoms with Gasteiger partial charge in [0.25, 0.3) is 0 Å². The smallest absolute Gasteiger partial charge is 0.303 e. The Labute approximate surface area is 212 Å². The van der Waals surface area contributed by atoms with Gasteiger partial charge < -0.3 is 48.9 Å². The van der Waals surface area contributed by atoms with E-state index in [0.717, 1.165) is 20.8 Å². The van der Waals surface area contributed by atoms with Gasteiger partial charge in [0.05, 0.1) is 6.61 Å². The predicted octanol–water partition coefficient (Wildman–Crippen LogP) is -2.35. The van der Waals surface area contributed by atoms with Crippen LogP contribution in [0, 0.1) is 0 Å². The molecule has 3 saturated heterocycles. The maximum absolute atomic E-state index is 12.1. The lowest BCUT2D eigenvalue weighted by molar-refractivity contribution is -0.311. The predicted molar refractivity (Wildman–Crippen MR) is 117 cm³/mol. The Morgan fingerprint density at radius 3 is 1.97 bits per heavy atom. The number of aliphatic hydroxyl groups excluding tert-OH is 1. The van der Waals surface area contributed by atoms with Gasteiger partial charge in [-0.25, -0.2) is 0 Å². The van der Waals surface area contributed by atoms with Gasteiger partial charge in [-0.3, -0.25) is 24.0 Å². The molecule has 3 fully saturated rings. The lowest BCUT2D eigenvalue weighted by atomic mass is 9.94. The summed E-state index contributed by atoms with van der Waals surface area (Å²) in [6, 6.07) is -2.20. The first-order valence-corrected chi connectivity index (χ1v) is 11.7. The minimum Gasteiger partial charge on any atom is -0.463 e. The van der Waals surface area contributed by atoms with Crippen LogP contribution in [0.4, 0.5) is 0 Å². The first kappa shape index (κ1) is 28.7. The van der Waals surface area contributed by atoms with Crippen LogP contribution in [0.1, 0.15) is 34.6 Å². The lowest BCUT2D eigenvalue weighted by Gasteiger charge is -2.47. The van der Waals surface area contributed by atoms with Gasteiger partial charge in [0.1, 0.15) is 43.1 Å². The molecule has 2 amide bonds. The third kappa shape index (κ3) is 7.13. The van der Waals surface area contributed by atoms with E-state index in [4.69, 9.17) is 33.2 Å². The van der Waals surface area contributed by atoms with E-state index < -0.39 is 97.6 Å². The van der Waals surface area contributed by atoms with Gasteiger partial charge in [-0.05, 0) is 0 Å². The molecule has 0 aromatic carbocycles. The summed E-state index contributed by atoms with van der Waals surface area (Å²) in [6.45, 7) is 5.49. The van der Waals surface area contributed by atoms with Gasteiger partial charge in [-0.2, -0.15) is 0 Å². The molecule has 15 nitrogen and oxygen atoms in total. The minimum absolute atomic E-state index is 0.0281. The SMILES string of the molecule is CC(=O)N[C@H]1[C@@H]2OC[C@@H](O2)[C@@H](O[C@@H]2O[C@H](COC(C)=O)[C@@H](OC(C)=O)[C@H](OC(C)=O)[C@H]2NC(C)=O)[C@@H]1O. The summed E-state index contributed by atoms with van der Waals surface area (Å²) < 4.78 is 39.1. The number of carbonyl (C=O) groups excluding carboxylic acids is 5. The number of amides is 2. The summed E-state index contributed by atoms with van der Waals surface area (Å²) in [5.41, 5.74) is 0. The third-order valence-electron chi connectivity index (χ3n) is 5.83. The van der Waals surface area contributed by atoms with Crippen molar-refractivity contribution in [3.05, 3.63) is 0 Å². The molecule has 208 valence electrons. The summed E-state index contributed by atoms with van der Waals surface area (Å²) in [7, 11) is 0. The monoisotopic (exact) mass is 532 g/mol. The van der Waals surface area contributed by atoms with Gasteiger partial charge >= 0.3 is 17.9 Å². The second kappa shape index (κ2) is 12.1. The van der Waals surface area contributed by atoms with E-state index in [-0.39, 0.29) is 6.61 Å². The van der Waals surface area contributed by atoms with Crippen LogP contribution in [0.3, 0.4) is 0 Å². The van der Waals surface area contributed by atoms with Gasteiger partial charge in [0, 0.05) is 34.6 Å². The van der Waals surface area contributed by atoms with Crippen LogP contribution in [0.25, 0.3) is 0 Å². The molecule has 0 aromatic rings. The fourth-order valence-corrected chi connectivity index (χ4v) is 4.50. The van der Waals surface area contributed by atoms with Crippen molar-refractivity contribution < 1.29 is 62.2 Å². The summed E-state index contributed by atoms with van der Waals surface area (Å²) in [4.78, 5) is 59.1. The van der Waals surface area contributed by atoms with Crippen molar-refractivity contribution >= 4 is 29.7 Å². The third-order valence-corrected chi connectivity index (χ3v) is 5.83. The molecule has 3 N–H and O–H groups in total. The molecule has 2 bridgehead atoms. The highest BCUT2D eigenvalue weighted by atomic mass is 16.8. The molecule has 3 aliphatic heterocycles. The maximum Gasteiger partial charge on any atom is 0.303 e. The van der Waals surface area contributed by atoms with E-state index in [1.807, 2.05) is 0 Å². The molecular weight excluding hydrogens is 500 g/mol. The van der Waals surface area contributed by atoms with E-state index in [2.05, 4.69) is 10.6 Å². The van der Waals surface area contributed by atoms with Crippen molar-refractivity contribution in [3.8, 4) is 0 Å². The Hall–Kier alpha value is -2.85. The molecule has 15 heteroatoms. The number of carbonyl (C=O) groups is 5. The zero-order chi connectivity index (χ0) is 27.4. The Balaban J connectivity index is 1.95. The number of hydrogen-bond donors (Lipinski definition) is 3. The maximum atomic E-state index is 12.1. The number of rotatable bonds is 8. The number of ether oxygens (including phenoxy) is 7. The first-order valence-electron chi connectivity index (χ1n) is 11.7. The summed E-state index contributed by atoms with van der Waals surface area (Å²) in [5, 5.41) is 16.2. The Morgan fingerprint density at radius 1 is 0.811 bits per heavy atom.